The lowest BCUT2D eigenvalue weighted by Gasteiger charge is -2.23. The molecule has 3 rings (SSSR count). The van der Waals surface area contributed by atoms with Gasteiger partial charge in [-0.25, -0.2) is 9.48 Å². The average Bonchev–Trinajstić information content (AvgIpc) is 2.82. The quantitative estimate of drug-likeness (QED) is 0.858. The van der Waals surface area contributed by atoms with E-state index in [1.165, 1.54) is 4.68 Å². The fourth-order valence-corrected chi connectivity index (χ4v) is 2.07. The number of carboxylic acid groups (broad SMARTS) is 1. The molecule has 18 heavy (non-hydrogen) atoms. The number of nitrogens with zero attached hydrogens (tertiary/aromatic N) is 3. The molecule has 1 aliphatic rings. The molecule has 0 radical (unpaired) electrons. The molecule has 92 valence electrons. The molecule has 0 amide bonds. The Morgan fingerprint density at radius 1 is 1.39 bits per heavy atom. The van der Waals surface area contributed by atoms with Crippen LogP contribution < -0.4 is 4.74 Å². The third-order valence-corrected chi connectivity index (χ3v) is 2.98. The lowest BCUT2D eigenvalue weighted by molar-refractivity contribution is 0.0682. The maximum absolute atomic E-state index is 10.9. The zero-order chi connectivity index (χ0) is 12.5. The van der Waals surface area contributed by atoms with Gasteiger partial charge >= 0.3 is 5.97 Å². The molecule has 0 unspecified atom stereocenters. The van der Waals surface area contributed by atoms with Gasteiger partial charge in [0, 0.05) is 5.92 Å². The minimum atomic E-state index is -1.12. The van der Waals surface area contributed by atoms with Crippen molar-refractivity contribution in [3.63, 3.8) is 0 Å². The molecular formula is C12H11N3O3. The number of ether oxygens (including phenoxy) is 1. The Labute approximate surface area is 103 Å². The zero-order valence-corrected chi connectivity index (χ0v) is 9.48. The SMILES string of the molecule is O=C(O)c1nnn2c1OC[C@@H](c1ccccc1)C2. The summed E-state index contributed by atoms with van der Waals surface area (Å²) in [6.45, 7) is 1.03. The summed E-state index contributed by atoms with van der Waals surface area (Å²) in [6.07, 6.45) is 0. The zero-order valence-electron chi connectivity index (χ0n) is 9.48. The van der Waals surface area contributed by atoms with Gasteiger partial charge in [0.2, 0.25) is 11.6 Å². The van der Waals surface area contributed by atoms with E-state index in [0.717, 1.165) is 5.56 Å². The molecule has 1 aromatic heterocycles. The summed E-state index contributed by atoms with van der Waals surface area (Å²) in [6, 6.07) is 9.93. The van der Waals surface area contributed by atoms with E-state index in [1.54, 1.807) is 0 Å². The van der Waals surface area contributed by atoms with Crippen LogP contribution in [0.15, 0.2) is 30.3 Å². The second-order valence-electron chi connectivity index (χ2n) is 4.15. The highest BCUT2D eigenvalue weighted by Gasteiger charge is 2.28. The van der Waals surface area contributed by atoms with E-state index in [-0.39, 0.29) is 17.5 Å². The highest BCUT2D eigenvalue weighted by Crippen LogP contribution is 2.28. The van der Waals surface area contributed by atoms with E-state index in [4.69, 9.17) is 9.84 Å². The molecule has 6 nitrogen and oxygen atoms in total. The maximum Gasteiger partial charge on any atom is 0.362 e. The molecule has 0 saturated carbocycles. The number of benzene rings is 1. The second kappa shape index (κ2) is 4.14. The molecule has 2 heterocycles. The van der Waals surface area contributed by atoms with Crippen molar-refractivity contribution in [2.45, 2.75) is 12.5 Å². The van der Waals surface area contributed by atoms with Crippen LogP contribution in [0.25, 0.3) is 0 Å². The molecule has 0 aliphatic carbocycles. The standard InChI is InChI=1S/C12H11N3O3/c16-12(17)10-11-15(14-13-10)6-9(7-18-11)8-4-2-1-3-5-8/h1-5,9H,6-7H2,(H,16,17)/t9-/m0/s1. The van der Waals surface area contributed by atoms with Gasteiger partial charge in [0.1, 0.15) is 0 Å². The maximum atomic E-state index is 10.9. The number of fused-ring (bicyclic) bond motifs is 1. The predicted octanol–water partition coefficient (Wildman–Crippen LogP) is 1.15. The van der Waals surface area contributed by atoms with E-state index < -0.39 is 5.97 Å². The first kappa shape index (κ1) is 10.8. The van der Waals surface area contributed by atoms with E-state index in [0.29, 0.717) is 13.2 Å². The summed E-state index contributed by atoms with van der Waals surface area (Å²) in [5.41, 5.74) is 1.03. The summed E-state index contributed by atoms with van der Waals surface area (Å²) in [7, 11) is 0. The minimum absolute atomic E-state index is 0.124. The number of aromatic nitrogens is 3. The molecule has 0 saturated heterocycles. The Kier molecular flexibility index (Phi) is 2.47. The molecule has 0 fully saturated rings. The molecule has 6 heteroatoms. The second-order valence-corrected chi connectivity index (χ2v) is 4.15. The predicted molar refractivity (Wildman–Crippen MR) is 61.7 cm³/mol. The fourth-order valence-electron chi connectivity index (χ4n) is 2.07. The van der Waals surface area contributed by atoms with Crippen molar-refractivity contribution in [2.75, 3.05) is 6.61 Å². The van der Waals surface area contributed by atoms with Gasteiger partial charge in [0.25, 0.3) is 0 Å². The van der Waals surface area contributed by atoms with Crippen LogP contribution in [-0.2, 0) is 6.54 Å². The van der Waals surface area contributed by atoms with E-state index >= 15 is 0 Å². The van der Waals surface area contributed by atoms with Crippen molar-refractivity contribution in [1.82, 2.24) is 15.0 Å². The molecule has 1 atom stereocenters. The van der Waals surface area contributed by atoms with E-state index in [2.05, 4.69) is 10.3 Å². The summed E-state index contributed by atoms with van der Waals surface area (Å²) in [5, 5.41) is 16.3. The van der Waals surface area contributed by atoms with Gasteiger partial charge in [-0.15, -0.1) is 5.10 Å². The Balaban J connectivity index is 1.89. The van der Waals surface area contributed by atoms with Crippen LogP contribution in [0.4, 0.5) is 0 Å². The fraction of sp³-hybridized carbons (Fsp3) is 0.250. The van der Waals surface area contributed by atoms with Gasteiger partial charge in [-0.05, 0) is 5.56 Å². The highest BCUT2D eigenvalue weighted by atomic mass is 16.5. The minimum Gasteiger partial charge on any atom is -0.476 e. The first-order chi connectivity index (χ1) is 8.75. The van der Waals surface area contributed by atoms with Crippen LogP contribution >= 0.6 is 0 Å². The number of carbonyl (C=O) groups is 1. The number of aromatic carboxylic acids is 1. The third-order valence-electron chi connectivity index (χ3n) is 2.98. The van der Waals surface area contributed by atoms with Gasteiger partial charge in [0.05, 0.1) is 13.2 Å². The number of hydrogen-bond donors (Lipinski definition) is 1. The molecular weight excluding hydrogens is 234 g/mol. The van der Waals surface area contributed by atoms with Crippen molar-refractivity contribution in [2.24, 2.45) is 0 Å². The van der Waals surface area contributed by atoms with Crippen LogP contribution in [0.1, 0.15) is 22.0 Å². The van der Waals surface area contributed by atoms with Crippen LogP contribution in [0.2, 0.25) is 0 Å². The average molecular weight is 245 g/mol. The Bertz CT molecular complexity index is 580. The molecule has 1 aromatic carbocycles. The number of hydrogen-bond acceptors (Lipinski definition) is 4. The van der Waals surface area contributed by atoms with Crippen LogP contribution in [-0.4, -0.2) is 32.7 Å². The molecule has 2 aromatic rings. The van der Waals surface area contributed by atoms with Crippen LogP contribution in [0, 0.1) is 0 Å². The van der Waals surface area contributed by atoms with Crippen molar-refractivity contribution in [3.05, 3.63) is 41.6 Å². The topological polar surface area (TPSA) is 77.2 Å². The number of rotatable bonds is 2. The van der Waals surface area contributed by atoms with Gasteiger partial charge in [-0.3, -0.25) is 0 Å². The first-order valence-corrected chi connectivity index (χ1v) is 5.60. The van der Waals surface area contributed by atoms with Gasteiger partial charge < -0.3 is 9.84 Å². The third kappa shape index (κ3) is 1.71. The van der Waals surface area contributed by atoms with Crippen molar-refractivity contribution in [3.8, 4) is 5.88 Å². The Hall–Kier alpha value is -2.37. The van der Waals surface area contributed by atoms with E-state index in [9.17, 15) is 4.79 Å². The van der Waals surface area contributed by atoms with Crippen molar-refractivity contribution >= 4 is 5.97 Å². The van der Waals surface area contributed by atoms with E-state index in [1.807, 2.05) is 30.3 Å². The van der Waals surface area contributed by atoms with Gasteiger partial charge in [-0.2, -0.15) is 0 Å². The summed E-state index contributed by atoms with van der Waals surface area (Å²) >= 11 is 0. The lowest BCUT2D eigenvalue weighted by atomic mass is 9.99. The number of carboxylic acids is 1. The molecule has 1 aliphatic heterocycles. The molecule has 1 N–H and O–H groups in total. The Morgan fingerprint density at radius 3 is 2.89 bits per heavy atom. The summed E-state index contributed by atoms with van der Waals surface area (Å²) < 4.78 is 6.98. The van der Waals surface area contributed by atoms with Gasteiger partial charge in [-0.1, -0.05) is 35.5 Å². The normalized spacial score (nSPS) is 17.9. The monoisotopic (exact) mass is 245 g/mol. The van der Waals surface area contributed by atoms with Crippen LogP contribution in [0.3, 0.4) is 0 Å². The molecule has 0 bridgehead atoms. The largest absolute Gasteiger partial charge is 0.476 e. The van der Waals surface area contributed by atoms with Crippen molar-refractivity contribution in [1.29, 1.82) is 0 Å². The smallest absolute Gasteiger partial charge is 0.362 e. The Morgan fingerprint density at radius 2 is 2.17 bits per heavy atom. The van der Waals surface area contributed by atoms with Gasteiger partial charge in [0.15, 0.2) is 0 Å². The lowest BCUT2D eigenvalue weighted by Crippen LogP contribution is -2.24. The highest BCUT2D eigenvalue weighted by molar-refractivity contribution is 5.87. The first-order valence-electron chi connectivity index (χ1n) is 5.60. The van der Waals surface area contributed by atoms with Crippen LogP contribution in [0.5, 0.6) is 5.88 Å². The molecule has 0 spiro atoms. The van der Waals surface area contributed by atoms with Crippen molar-refractivity contribution < 1.29 is 14.6 Å². The summed E-state index contributed by atoms with van der Waals surface area (Å²) in [4.78, 5) is 10.9. The summed E-state index contributed by atoms with van der Waals surface area (Å²) in [5.74, 6) is -0.703.